The van der Waals surface area contributed by atoms with Gasteiger partial charge in [-0.25, -0.2) is 9.97 Å². The number of H-pyrrole nitrogens is 2. The Hall–Kier alpha value is -3.68. The molecule has 3 aromatic heterocycles. The van der Waals surface area contributed by atoms with Crippen molar-refractivity contribution >= 4 is 22.6 Å². The Kier molecular flexibility index (Phi) is 4.99. The van der Waals surface area contributed by atoms with E-state index in [4.69, 9.17) is 0 Å². The van der Waals surface area contributed by atoms with E-state index in [0.29, 0.717) is 17.9 Å². The highest BCUT2D eigenvalue weighted by Crippen LogP contribution is 2.25. The molecule has 8 nitrogen and oxygen atoms in total. The summed E-state index contributed by atoms with van der Waals surface area (Å²) < 4.78 is 0. The number of hydrogen-bond acceptors (Lipinski definition) is 5. The molecule has 0 radical (unpaired) electrons. The zero-order valence-corrected chi connectivity index (χ0v) is 16.6. The Labute approximate surface area is 168 Å². The molecular weight excluding hydrogens is 366 g/mol. The van der Waals surface area contributed by atoms with E-state index < -0.39 is 0 Å². The van der Waals surface area contributed by atoms with E-state index in [9.17, 15) is 4.79 Å². The molecule has 0 bridgehead atoms. The monoisotopic (exact) mass is 389 g/mol. The first-order valence-electron chi connectivity index (χ1n) is 9.39. The van der Waals surface area contributed by atoms with Crippen molar-refractivity contribution in [3.05, 3.63) is 71.6 Å². The Bertz CT molecular complexity index is 1130. The van der Waals surface area contributed by atoms with Crippen LogP contribution < -0.4 is 10.2 Å². The highest BCUT2D eigenvalue weighted by molar-refractivity contribution is 5.92. The maximum atomic E-state index is 12.7. The number of carbonyl (C=O) groups is 1. The van der Waals surface area contributed by atoms with Crippen molar-refractivity contribution in [1.82, 2.24) is 30.5 Å². The van der Waals surface area contributed by atoms with Crippen LogP contribution in [-0.4, -0.2) is 45.2 Å². The molecule has 0 aliphatic rings. The van der Waals surface area contributed by atoms with Gasteiger partial charge in [-0.2, -0.15) is 5.10 Å². The number of carbonyl (C=O) groups excluding carboxylic acids is 1. The molecule has 1 aromatic carbocycles. The van der Waals surface area contributed by atoms with Crippen molar-refractivity contribution in [2.75, 3.05) is 19.0 Å². The zero-order valence-electron chi connectivity index (χ0n) is 16.6. The predicted octanol–water partition coefficient (Wildman–Crippen LogP) is 2.77. The molecule has 1 amide bonds. The number of hydrogen-bond donors (Lipinski definition) is 3. The number of nitrogens with zero attached hydrogens (tertiary/aromatic N) is 4. The lowest BCUT2D eigenvalue weighted by molar-refractivity contribution is 0.0930. The van der Waals surface area contributed by atoms with Crippen molar-refractivity contribution in [2.24, 2.45) is 0 Å². The molecule has 0 saturated carbocycles. The van der Waals surface area contributed by atoms with Gasteiger partial charge in [0.25, 0.3) is 5.91 Å². The third-order valence-electron chi connectivity index (χ3n) is 4.81. The predicted molar refractivity (Wildman–Crippen MR) is 112 cm³/mol. The van der Waals surface area contributed by atoms with Crippen LogP contribution in [0.4, 0.5) is 5.82 Å². The molecule has 0 fully saturated rings. The second kappa shape index (κ2) is 7.75. The van der Waals surface area contributed by atoms with E-state index in [2.05, 4.69) is 36.5 Å². The zero-order chi connectivity index (χ0) is 20.4. The van der Waals surface area contributed by atoms with Gasteiger partial charge in [-0.3, -0.25) is 9.89 Å². The minimum atomic E-state index is -0.328. The summed E-state index contributed by atoms with van der Waals surface area (Å²) in [6.45, 7) is 1.86. The smallest absolute Gasteiger partial charge is 0.269 e. The summed E-state index contributed by atoms with van der Waals surface area (Å²) in [6.07, 6.45) is 4.14. The molecule has 0 aliphatic heterocycles. The normalized spacial score (nSPS) is 12.1. The molecule has 148 valence electrons. The lowest BCUT2D eigenvalue weighted by Crippen LogP contribution is -2.31. The van der Waals surface area contributed by atoms with Crippen molar-refractivity contribution in [2.45, 2.75) is 19.4 Å². The number of aryl methyl sites for hydroxylation is 1. The van der Waals surface area contributed by atoms with E-state index in [0.717, 1.165) is 28.0 Å². The van der Waals surface area contributed by atoms with E-state index in [1.165, 1.54) is 0 Å². The van der Waals surface area contributed by atoms with Crippen LogP contribution in [0.5, 0.6) is 0 Å². The summed E-state index contributed by atoms with van der Waals surface area (Å²) in [6, 6.07) is 11.4. The molecule has 0 unspecified atom stereocenters. The first-order valence-corrected chi connectivity index (χ1v) is 9.39. The number of benzene rings is 1. The van der Waals surface area contributed by atoms with Gasteiger partial charge in [0, 0.05) is 49.9 Å². The van der Waals surface area contributed by atoms with Crippen molar-refractivity contribution in [3.8, 4) is 0 Å². The van der Waals surface area contributed by atoms with E-state index in [1.54, 1.807) is 12.3 Å². The molecule has 29 heavy (non-hydrogen) atoms. The summed E-state index contributed by atoms with van der Waals surface area (Å²) >= 11 is 0. The van der Waals surface area contributed by atoms with Crippen molar-refractivity contribution in [3.63, 3.8) is 0 Å². The second-order valence-electron chi connectivity index (χ2n) is 7.15. The minimum Gasteiger partial charge on any atom is -0.363 e. The summed E-state index contributed by atoms with van der Waals surface area (Å²) in [5.74, 6) is 1.23. The van der Waals surface area contributed by atoms with E-state index in [-0.39, 0.29) is 11.9 Å². The average molecular weight is 389 g/mol. The number of amides is 1. The van der Waals surface area contributed by atoms with Crippen molar-refractivity contribution in [1.29, 1.82) is 0 Å². The number of aromatic amines is 2. The Morgan fingerprint density at radius 2 is 2.03 bits per heavy atom. The maximum Gasteiger partial charge on any atom is 0.269 e. The van der Waals surface area contributed by atoms with E-state index >= 15 is 0 Å². The van der Waals surface area contributed by atoms with Crippen molar-refractivity contribution < 1.29 is 4.79 Å². The Balaban J connectivity index is 1.72. The maximum absolute atomic E-state index is 12.7. The molecule has 3 N–H and O–H groups in total. The molecule has 3 heterocycles. The summed E-state index contributed by atoms with van der Waals surface area (Å²) in [4.78, 5) is 27.1. The van der Waals surface area contributed by atoms with Gasteiger partial charge in [0.05, 0.1) is 11.7 Å². The first-order chi connectivity index (χ1) is 14.0. The first kappa shape index (κ1) is 18.7. The third-order valence-corrected chi connectivity index (χ3v) is 4.81. The van der Waals surface area contributed by atoms with Gasteiger partial charge in [0.2, 0.25) is 0 Å². The largest absolute Gasteiger partial charge is 0.363 e. The lowest BCUT2D eigenvalue weighted by atomic mass is 10.0. The Morgan fingerprint density at radius 1 is 1.21 bits per heavy atom. The topological polar surface area (TPSA) is 103 Å². The van der Waals surface area contributed by atoms with Crippen LogP contribution in [-0.2, 0) is 6.42 Å². The molecule has 0 saturated heterocycles. The quantitative estimate of drug-likeness (QED) is 0.471. The van der Waals surface area contributed by atoms with Crippen LogP contribution in [0.15, 0.2) is 48.8 Å². The number of aromatic nitrogens is 5. The minimum absolute atomic E-state index is 0.227. The van der Waals surface area contributed by atoms with Gasteiger partial charge in [-0.1, -0.05) is 18.2 Å². The van der Waals surface area contributed by atoms with Gasteiger partial charge in [0.15, 0.2) is 0 Å². The van der Waals surface area contributed by atoms with Gasteiger partial charge >= 0.3 is 0 Å². The highest BCUT2D eigenvalue weighted by atomic mass is 16.2. The van der Waals surface area contributed by atoms with Gasteiger partial charge in [-0.15, -0.1) is 0 Å². The van der Waals surface area contributed by atoms with Gasteiger partial charge < -0.3 is 15.2 Å². The molecule has 0 aliphatic carbocycles. The summed E-state index contributed by atoms with van der Waals surface area (Å²) in [5.41, 5.74) is 3.35. The van der Waals surface area contributed by atoms with Crippen LogP contribution in [0.2, 0.25) is 0 Å². The number of rotatable bonds is 6. The molecule has 8 heteroatoms. The lowest BCUT2D eigenvalue weighted by Gasteiger charge is -2.20. The molecule has 1 atom stereocenters. The third kappa shape index (κ3) is 3.96. The summed E-state index contributed by atoms with van der Waals surface area (Å²) in [7, 11) is 3.87. The highest BCUT2D eigenvalue weighted by Gasteiger charge is 2.21. The van der Waals surface area contributed by atoms with Crippen LogP contribution >= 0.6 is 0 Å². The van der Waals surface area contributed by atoms with Gasteiger partial charge in [-0.05, 0) is 24.6 Å². The van der Waals surface area contributed by atoms with Gasteiger partial charge in [0.1, 0.15) is 17.3 Å². The second-order valence-corrected chi connectivity index (χ2v) is 7.15. The fraction of sp³-hybridized carbons (Fsp3) is 0.238. The Morgan fingerprint density at radius 3 is 2.79 bits per heavy atom. The van der Waals surface area contributed by atoms with Crippen LogP contribution in [0, 0.1) is 6.92 Å². The van der Waals surface area contributed by atoms with E-state index in [1.807, 2.05) is 56.4 Å². The standard InChI is InChI=1S/C21H23N7O/c1-13-24-19(11-20(25-13)28(2)3)18(26-21(29)17-8-9-23-27-17)10-14-12-22-16-7-5-4-6-15(14)16/h4-9,11-12,18,22H,10H2,1-3H3,(H,23,27)(H,26,29)/t18-/m1/s1. The van der Waals surface area contributed by atoms with Crippen LogP contribution in [0.3, 0.4) is 0 Å². The number of anilines is 1. The van der Waals surface area contributed by atoms with Crippen LogP contribution in [0.25, 0.3) is 10.9 Å². The molecular formula is C21H23N7O. The average Bonchev–Trinajstić information content (AvgIpc) is 3.37. The molecule has 0 spiro atoms. The molecule has 4 aromatic rings. The summed E-state index contributed by atoms with van der Waals surface area (Å²) in [5, 5.41) is 10.8. The number of nitrogens with one attached hydrogen (secondary N) is 3. The van der Waals surface area contributed by atoms with Crippen LogP contribution in [0.1, 0.15) is 33.6 Å². The fourth-order valence-corrected chi connectivity index (χ4v) is 3.35. The number of fused-ring (bicyclic) bond motifs is 1. The number of para-hydroxylation sites is 1. The fourth-order valence-electron chi connectivity index (χ4n) is 3.35. The molecule has 4 rings (SSSR count). The SMILES string of the molecule is Cc1nc([C@@H](Cc2c[nH]c3ccccc23)NC(=O)c2ccn[nH]2)cc(N(C)C)n1.